The van der Waals surface area contributed by atoms with Crippen LogP contribution >= 0.6 is 0 Å². The minimum Gasteiger partial charge on any atom is -0.378 e. The van der Waals surface area contributed by atoms with Crippen molar-refractivity contribution in [3.63, 3.8) is 0 Å². The molecule has 23 heavy (non-hydrogen) atoms. The third-order valence-corrected chi connectivity index (χ3v) is 4.46. The first-order valence-corrected chi connectivity index (χ1v) is 9.45. The first-order chi connectivity index (χ1) is 11.2. The summed E-state index contributed by atoms with van der Waals surface area (Å²) < 4.78 is 5.78. The summed E-state index contributed by atoms with van der Waals surface area (Å²) in [6.45, 7) is 13.0. The van der Waals surface area contributed by atoms with E-state index in [-0.39, 0.29) is 0 Å². The van der Waals surface area contributed by atoms with Crippen molar-refractivity contribution in [3.8, 4) is 0 Å². The maximum Gasteiger partial charge on any atom is 0.190 e. The Morgan fingerprint density at radius 2 is 1.83 bits per heavy atom. The molecule has 0 radical (unpaired) electrons. The van der Waals surface area contributed by atoms with Crippen LogP contribution in [0.5, 0.6) is 0 Å². The highest BCUT2D eigenvalue weighted by molar-refractivity contribution is 5.79. The van der Waals surface area contributed by atoms with Crippen LogP contribution < -0.4 is 10.6 Å². The van der Waals surface area contributed by atoms with Gasteiger partial charge >= 0.3 is 0 Å². The van der Waals surface area contributed by atoms with Gasteiger partial charge in [0.05, 0.1) is 6.10 Å². The summed E-state index contributed by atoms with van der Waals surface area (Å²) in [7, 11) is 1.84. The van der Waals surface area contributed by atoms with E-state index in [1.54, 1.807) is 0 Å². The van der Waals surface area contributed by atoms with E-state index in [4.69, 9.17) is 4.74 Å². The predicted molar refractivity (Wildman–Crippen MR) is 99.1 cm³/mol. The van der Waals surface area contributed by atoms with Crippen molar-refractivity contribution in [1.29, 1.82) is 0 Å². The Hall–Kier alpha value is -0.810. The number of nitrogens with zero attached hydrogens (tertiary/aromatic N) is 2. The molecule has 0 aromatic rings. The molecule has 0 aromatic carbocycles. The molecule has 1 heterocycles. The topological polar surface area (TPSA) is 48.9 Å². The number of hydrogen-bond acceptors (Lipinski definition) is 3. The van der Waals surface area contributed by atoms with Gasteiger partial charge in [-0.1, -0.05) is 13.8 Å². The van der Waals surface area contributed by atoms with Crippen LogP contribution in [0.15, 0.2) is 4.99 Å². The number of likely N-dealkylation sites (tertiary alicyclic amines) is 1. The Morgan fingerprint density at radius 3 is 2.43 bits per heavy atom. The van der Waals surface area contributed by atoms with E-state index in [9.17, 15) is 0 Å². The average Bonchev–Trinajstić information content (AvgIpc) is 3.05. The van der Waals surface area contributed by atoms with Gasteiger partial charge in [-0.05, 0) is 64.6 Å². The van der Waals surface area contributed by atoms with E-state index in [1.807, 2.05) is 7.05 Å². The van der Waals surface area contributed by atoms with Gasteiger partial charge in [-0.3, -0.25) is 4.99 Å². The molecular formula is C18H38N4O. The van der Waals surface area contributed by atoms with Crippen molar-refractivity contribution in [1.82, 2.24) is 15.5 Å². The maximum atomic E-state index is 5.78. The Bertz CT molecular complexity index is 314. The zero-order chi connectivity index (χ0) is 16.9. The quantitative estimate of drug-likeness (QED) is 0.348. The summed E-state index contributed by atoms with van der Waals surface area (Å²) in [6, 6.07) is 0. The number of hydrogen-bond donors (Lipinski definition) is 2. The Balaban J connectivity index is 2.06. The first kappa shape index (κ1) is 20.2. The molecule has 0 saturated carbocycles. The number of nitrogens with one attached hydrogen (secondary N) is 2. The molecule has 0 aliphatic carbocycles. The van der Waals surface area contributed by atoms with Crippen LogP contribution in [0.1, 0.15) is 52.9 Å². The molecule has 1 aliphatic heterocycles. The second-order valence-corrected chi connectivity index (χ2v) is 6.71. The third kappa shape index (κ3) is 9.16. The molecule has 0 amide bonds. The summed E-state index contributed by atoms with van der Waals surface area (Å²) in [5, 5.41) is 6.80. The Labute approximate surface area is 143 Å². The minimum absolute atomic E-state index is 0.325. The summed E-state index contributed by atoms with van der Waals surface area (Å²) in [6.07, 6.45) is 6.57. The number of unbranched alkanes of at least 4 members (excludes halogenated alkanes) is 1. The van der Waals surface area contributed by atoms with Crippen LogP contribution in [-0.2, 0) is 4.74 Å². The molecular weight excluding hydrogens is 288 g/mol. The standard InChI is InChI=1S/C18H38N4O/c1-5-23-17(16(2)3)10-12-21-18(19-4)20-11-6-7-13-22-14-8-9-15-22/h16-17H,5-15H2,1-4H3,(H2,19,20,21). The zero-order valence-corrected chi connectivity index (χ0v) is 15.7. The fraction of sp³-hybridized carbons (Fsp3) is 0.944. The zero-order valence-electron chi connectivity index (χ0n) is 15.7. The van der Waals surface area contributed by atoms with Crippen LogP contribution in [0.25, 0.3) is 0 Å². The van der Waals surface area contributed by atoms with Crippen LogP contribution in [0.2, 0.25) is 0 Å². The summed E-state index contributed by atoms with van der Waals surface area (Å²) >= 11 is 0. The van der Waals surface area contributed by atoms with Crippen molar-refractivity contribution in [2.75, 3.05) is 46.4 Å². The van der Waals surface area contributed by atoms with E-state index < -0.39 is 0 Å². The Kier molecular flexibility index (Phi) is 11.1. The second-order valence-electron chi connectivity index (χ2n) is 6.71. The SMILES string of the molecule is CCOC(CCNC(=NC)NCCCCN1CCCC1)C(C)C. The molecule has 1 aliphatic rings. The molecule has 1 rings (SSSR count). The second kappa shape index (κ2) is 12.6. The van der Waals surface area contributed by atoms with Gasteiger partial charge in [0.15, 0.2) is 5.96 Å². The van der Waals surface area contributed by atoms with Crippen LogP contribution in [-0.4, -0.2) is 63.3 Å². The van der Waals surface area contributed by atoms with Gasteiger partial charge in [0.2, 0.25) is 0 Å². The van der Waals surface area contributed by atoms with E-state index in [0.29, 0.717) is 12.0 Å². The van der Waals surface area contributed by atoms with Crippen LogP contribution in [0.3, 0.4) is 0 Å². The highest BCUT2D eigenvalue weighted by Crippen LogP contribution is 2.10. The van der Waals surface area contributed by atoms with Crippen LogP contribution in [0, 0.1) is 5.92 Å². The predicted octanol–water partition coefficient (Wildman–Crippen LogP) is 2.48. The monoisotopic (exact) mass is 326 g/mol. The van der Waals surface area contributed by atoms with E-state index >= 15 is 0 Å². The molecule has 1 fully saturated rings. The molecule has 136 valence electrons. The molecule has 1 unspecified atom stereocenters. The van der Waals surface area contributed by atoms with Crippen molar-refractivity contribution < 1.29 is 4.74 Å². The van der Waals surface area contributed by atoms with Crippen molar-refractivity contribution in [3.05, 3.63) is 0 Å². The van der Waals surface area contributed by atoms with E-state index in [1.165, 1.54) is 45.3 Å². The Morgan fingerprint density at radius 1 is 1.13 bits per heavy atom. The van der Waals surface area contributed by atoms with Gasteiger partial charge in [0.25, 0.3) is 0 Å². The van der Waals surface area contributed by atoms with Crippen molar-refractivity contribution >= 4 is 5.96 Å². The molecule has 2 N–H and O–H groups in total. The lowest BCUT2D eigenvalue weighted by molar-refractivity contribution is 0.0258. The lowest BCUT2D eigenvalue weighted by Crippen LogP contribution is -2.39. The van der Waals surface area contributed by atoms with Gasteiger partial charge in [-0.25, -0.2) is 0 Å². The number of aliphatic imine (C=N–C) groups is 1. The van der Waals surface area contributed by atoms with Gasteiger partial charge in [-0.2, -0.15) is 0 Å². The average molecular weight is 327 g/mol. The van der Waals surface area contributed by atoms with E-state index in [0.717, 1.165) is 32.1 Å². The summed E-state index contributed by atoms with van der Waals surface area (Å²) in [5.74, 6) is 1.46. The third-order valence-electron chi connectivity index (χ3n) is 4.46. The maximum absolute atomic E-state index is 5.78. The van der Waals surface area contributed by atoms with Gasteiger partial charge in [-0.15, -0.1) is 0 Å². The number of ether oxygens (including phenoxy) is 1. The van der Waals surface area contributed by atoms with Gasteiger partial charge in [0, 0.05) is 26.7 Å². The molecule has 5 heteroatoms. The minimum atomic E-state index is 0.325. The van der Waals surface area contributed by atoms with Crippen molar-refractivity contribution in [2.24, 2.45) is 10.9 Å². The molecule has 0 aromatic heterocycles. The van der Waals surface area contributed by atoms with Gasteiger partial charge in [0.1, 0.15) is 0 Å². The highest BCUT2D eigenvalue weighted by atomic mass is 16.5. The molecule has 1 atom stereocenters. The highest BCUT2D eigenvalue weighted by Gasteiger charge is 2.13. The lowest BCUT2D eigenvalue weighted by Gasteiger charge is -2.21. The first-order valence-electron chi connectivity index (χ1n) is 9.45. The number of guanidine groups is 1. The number of rotatable bonds is 11. The molecule has 1 saturated heterocycles. The fourth-order valence-corrected chi connectivity index (χ4v) is 3.05. The van der Waals surface area contributed by atoms with Crippen molar-refractivity contribution in [2.45, 2.75) is 59.0 Å². The smallest absolute Gasteiger partial charge is 0.190 e. The normalized spacial score (nSPS) is 17.7. The van der Waals surface area contributed by atoms with Crippen LogP contribution in [0.4, 0.5) is 0 Å². The van der Waals surface area contributed by atoms with Gasteiger partial charge < -0.3 is 20.3 Å². The fourth-order valence-electron chi connectivity index (χ4n) is 3.05. The lowest BCUT2D eigenvalue weighted by atomic mass is 10.0. The molecule has 0 bridgehead atoms. The molecule has 0 spiro atoms. The largest absolute Gasteiger partial charge is 0.378 e. The summed E-state index contributed by atoms with van der Waals surface area (Å²) in [4.78, 5) is 6.87. The van der Waals surface area contributed by atoms with E-state index in [2.05, 4.69) is 41.3 Å². The molecule has 5 nitrogen and oxygen atoms in total. The summed E-state index contributed by atoms with van der Waals surface area (Å²) in [5.41, 5.74) is 0.